The van der Waals surface area contributed by atoms with Crippen molar-refractivity contribution in [1.29, 1.82) is 0 Å². The van der Waals surface area contributed by atoms with Crippen LogP contribution in [-0.2, 0) is 11.3 Å². The van der Waals surface area contributed by atoms with Crippen molar-refractivity contribution in [3.63, 3.8) is 0 Å². The zero-order chi connectivity index (χ0) is 12.3. The SMILES string of the molecule is CC1CC(C)CC(OCc2ccc(Br)cn2)C1. The van der Waals surface area contributed by atoms with Gasteiger partial charge in [-0.25, -0.2) is 0 Å². The maximum absolute atomic E-state index is 5.97. The number of aromatic nitrogens is 1. The molecule has 1 aliphatic rings. The third-order valence-corrected chi connectivity index (χ3v) is 3.86. The smallest absolute Gasteiger partial charge is 0.0891 e. The summed E-state index contributed by atoms with van der Waals surface area (Å²) in [5.41, 5.74) is 1.01. The predicted octanol–water partition coefficient (Wildman–Crippen LogP) is 4.19. The molecule has 2 unspecified atom stereocenters. The molecule has 17 heavy (non-hydrogen) atoms. The molecule has 3 heteroatoms. The fraction of sp³-hybridized carbons (Fsp3) is 0.643. The van der Waals surface area contributed by atoms with E-state index in [2.05, 4.69) is 34.8 Å². The highest BCUT2D eigenvalue weighted by atomic mass is 79.9. The second kappa shape index (κ2) is 5.96. The van der Waals surface area contributed by atoms with Crippen molar-refractivity contribution < 1.29 is 4.74 Å². The van der Waals surface area contributed by atoms with Gasteiger partial charge in [0.1, 0.15) is 0 Å². The van der Waals surface area contributed by atoms with Gasteiger partial charge >= 0.3 is 0 Å². The van der Waals surface area contributed by atoms with Crippen LogP contribution in [0.2, 0.25) is 0 Å². The van der Waals surface area contributed by atoms with E-state index in [1.54, 1.807) is 0 Å². The lowest BCUT2D eigenvalue weighted by molar-refractivity contribution is -0.0105. The molecule has 0 aromatic carbocycles. The molecule has 2 atom stereocenters. The maximum Gasteiger partial charge on any atom is 0.0891 e. The van der Waals surface area contributed by atoms with E-state index in [0.717, 1.165) is 22.0 Å². The van der Waals surface area contributed by atoms with Crippen molar-refractivity contribution in [3.05, 3.63) is 28.5 Å². The number of hydrogen-bond acceptors (Lipinski definition) is 2. The van der Waals surface area contributed by atoms with E-state index in [1.807, 2.05) is 18.3 Å². The molecule has 0 bridgehead atoms. The van der Waals surface area contributed by atoms with Gasteiger partial charge in [0.2, 0.25) is 0 Å². The minimum Gasteiger partial charge on any atom is -0.372 e. The first-order valence-corrected chi connectivity index (χ1v) is 7.15. The van der Waals surface area contributed by atoms with Crippen molar-refractivity contribution in [2.45, 2.75) is 45.8 Å². The van der Waals surface area contributed by atoms with Crippen LogP contribution >= 0.6 is 15.9 Å². The summed E-state index contributed by atoms with van der Waals surface area (Å²) in [5, 5.41) is 0. The van der Waals surface area contributed by atoms with Gasteiger partial charge in [-0.2, -0.15) is 0 Å². The van der Waals surface area contributed by atoms with Crippen LogP contribution in [0.15, 0.2) is 22.8 Å². The summed E-state index contributed by atoms with van der Waals surface area (Å²) in [6.07, 6.45) is 5.97. The first-order chi connectivity index (χ1) is 8.13. The summed E-state index contributed by atoms with van der Waals surface area (Å²) in [6, 6.07) is 4.03. The van der Waals surface area contributed by atoms with E-state index in [9.17, 15) is 0 Å². The summed E-state index contributed by atoms with van der Waals surface area (Å²) in [6.45, 7) is 5.28. The highest BCUT2D eigenvalue weighted by molar-refractivity contribution is 9.10. The molecule has 1 fully saturated rings. The highest BCUT2D eigenvalue weighted by Crippen LogP contribution is 2.30. The summed E-state index contributed by atoms with van der Waals surface area (Å²) < 4.78 is 6.99. The third-order valence-electron chi connectivity index (χ3n) is 3.39. The van der Waals surface area contributed by atoms with Crippen LogP contribution in [0.1, 0.15) is 38.8 Å². The largest absolute Gasteiger partial charge is 0.372 e. The first-order valence-electron chi connectivity index (χ1n) is 6.35. The molecule has 94 valence electrons. The molecule has 1 aromatic heterocycles. The van der Waals surface area contributed by atoms with Crippen LogP contribution in [0.25, 0.3) is 0 Å². The molecule has 1 aliphatic carbocycles. The lowest BCUT2D eigenvalue weighted by atomic mass is 9.82. The number of hydrogen-bond donors (Lipinski definition) is 0. The van der Waals surface area contributed by atoms with E-state index in [4.69, 9.17) is 4.74 Å². The van der Waals surface area contributed by atoms with E-state index in [0.29, 0.717) is 12.7 Å². The number of nitrogens with zero attached hydrogens (tertiary/aromatic N) is 1. The highest BCUT2D eigenvalue weighted by Gasteiger charge is 2.24. The van der Waals surface area contributed by atoms with Gasteiger partial charge in [-0.15, -0.1) is 0 Å². The predicted molar refractivity (Wildman–Crippen MR) is 72.7 cm³/mol. The summed E-state index contributed by atoms with van der Waals surface area (Å²) in [4.78, 5) is 4.33. The number of halogens is 1. The van der Waals surface area contributed by atoms with Gasteiger partial charge in [-0.1, -0.05) is 13.8 Å². The number of pyridine rings is 1. The van der Waals surface area contributed by atoms with E-state index in [-0.39, 0.29) is 0 Å². The molecule has 2 nitrogen and oxygen atoms in total. The Balaban J connectivity index is 1.83. The molecular weight excluding hydrogens is 278 g/mol. The third kappa shape index (κ3) is 4.07. The Morgan fingerprint density at radius 3 is 2.53 bits per heavy atom. The first kappa shape index (κ1) is 13.0. The lowest BCUT2D eigenvalue weighted by Crippen LogP contribution is -2.26. The fourth-order valence-corrected chi connectivity index (χ4v) is 2.94. The molecular formula is C14H20BrNO. The van der Waals surface area contributed by atoms with Crippen LogP contribution in [0.5, 0.6) is 0 Å². The second-order valence-corrected chi connectivity index (χ2v) is 6.23. The minimum atomic E-state index is 0.416. The fourth-order valence-electron chi connectivity index (χ4n) is 2.70. The standard InChI is InChI=1S/C14H20BrNO/c1-10-5-11(2)7-14(6-10)17-9-13-4-3-12(15)8-16-13/h3-4,8,10-11,14H,5-7,9H2,1-2H3. The Bertz CT molecular complexity index is 342. The molecule has 1 heterocycles. The Morgan fingerprint density at radius 2 is 1.94 bits per heavy atom. The molecule has 0 spiro atoms. The Kier molecular flexibility index (Phi) is 4.57. The van der Waals surface area contributed by atoms with Crippen molar-refractivity contribution in [2.24, 2.45) is 11.8 Å². The van der Waals surface area contributed by atoms with Crippen LogP contribution in [-0.4, -0.2) is 11.1 Å². The monoisotopic (exact) mass is 297 g/mol. The van der Waals surface area contributed by atoms with E-state index >= 15 is 0 Å². The van der Waals surface area contributed by atoms with Crippen molar-refractivity contribution >= 4 is 15.9 Å². The molecule has 0 radical (unpaired) electrons. The van der Waals surface area contributed by atoms with Crippen molar-refractivity contribution in [1.82, 2.24) is 4.98 Å². The van der Waals surface area contributed by atoms with Crippen LogP contribution in [0.4, 0.5) is 0 Å². The molecule has 0 amide bonds. The Labute approximate surface area is 112 Å². The number of rotatable bonds is 3. The average Bonchev–Trinajstić information content (AvgIpc) is 2.27. The van der Waals surface area contributed by atoms with Gasteiger partial charge in [0.05, 0.1) is 18.4 Å². The maximum atomic E-state index is 5.97. The number of ether oxygens (including phenoxy) is 1. The molecule has 0 aliphatic heterocycles. The normalized spacial score (nSPS) is 29.2. The van der Waals surface area contributed by atoms with Gasteiger partial charge in [0, 0.05) is 10.7 Å². The Hall–Kier alpha value is -0.410. The van der Waals surface area contributed by atoms with Gasteiger partial charge < -0.3 is 4.74 Å². The van der Waals surface area contributed by atoms with Gasteiger partial charge in [0.15, 0.2) is 0 Å². The van der Waals surface area contributed by atoms with Crippen LogP contribution in [0.3, 0.4) is 0 Å². The molecule has 1 saturated carbocycles. The van der Waals surface area contributed by atoms with Crippen molar-refractivity contribution in [3.8, 4) is 0 Å². The zero-order valence-corrected chi connectivity index (χ0v) is 12.1. The average molecular weight is 298 g/mol. The topological polar surface area (TPSA) is 22.1 Å². The molecule has 0 N–H and O–H groups in total. The Morgan fingerprint density at radius 1 is 1.24 bits per heavy atom. The van der Waals surface area contributed by atoms with Gasteiger partial charge in [0.25, 0.3) is 0 Å². The second-order valence-electron chi connectivity index (χ2n) is 5.32. The van der Waals surface area contributed by atoms with Gasteiger partial charge in [-0.05, 0) is 59.2 Å². The van der Waals surface area contributed by atoms with Gasteiger partial charge in [-0.3, -0.25) is 4.98 Å². The molecule has 2 rings (SSSR count). The molecule has 1 aromatic rings. The molecule has 0 saturated heterocycles. The van der Waals surface area contributed by atoms with Crippen LogP contribution in [0, 0.1) is 11.8 Å². The summed E-state index contributed by atoms with van der Waals surface area (Å²) in [5.74, 6) is 1.59. The lowest BCUT2D eigenvalue weighted by Gasteiger charge is -2.31. The van der Waals surface area contributed by atoms with Crippen LogP contribution < -0.4 is 0 Å². The minimum absolute atomic E-state index is 0.416. The summed E-state index contributed by atoms with van der Waals surface area (Å²) in [7, 11) is 0. The van der Waals surface area contributed by atoms with E-state index < -0.39 is 0 Å². The quantitative estimate of drug-likeness (QED) is 0.835. The zero-order valence-electron chi connectivity index (χ0n) is 10.5. The van der Waals surface area contributed by atoms with Crippen molar-refractivity contribution in [2.75, 3.05) is 0 Å². The van der Waals surface area contributed by atoms with E-state index in [1.165, 1.54) is 19.3 Å². The summed E-state index contributed by atoms with van der Waals surface area (Å²) >= 11 is 3.39.